The fourth-order valence-corrected chi connectivity index (χ4v) is 3.72. The summed E-state index contributed by atoms with van der Waals surface area (Å²) in [6, 6.07) is 15.5. The maximum absolute atomic E-state index is 12.4. The third-order valence-corrected chi connectivity index (χ3v) is 5.31. The first kappa shape index (κ1) is 20.0. The van der Waals surface area contributed by atoms with E-state index in [2.05, 4.69) is 21.2 Å². The van der Waals surface area contributed by atoms with E-state index in [1.165, 1.54) is 0 Å². The molecule has 0 saturated heterocycles. The third kappa shape index (κ3) is 4.19. The molecule has 0 radical (unpaired) electrons. The van der Waals surface area contributed by atoms with Crippen LogP contribution in [0.5, 0.6) is 5.75 Å². The number of methoxy groups -OCH3 is 1. The van der Waals surface area contributed by atoms with E-state index in [4.69, 9.17) is 13.6 Å². The monoisotopic (exact) mass is 465 g/mol. The van der Waals surface area contributed by atoms with Gasteiger partial charge < -0.3 is 18.9 Å². The fraction of sp³-hybridized carbons (Fsp3) is 0.125. The molecule has 0 spiro atoms. The second-order valence-electron chi connectivity index (χ2n) is 6.83. The Kier molecular flexibility index (Phi) is 5.77. The Morgan fingerprint density at radius 2 is 2.03 bits per heavy atom. The normalized spacial score (nSPS) is 11.6. The lowest BCUT2D eigenvalue weighted by Crippen LogP contribution is -2.20. The summed E-state index contributed by atoms with van der Waals surface area (Å²) in [6.45, 7) is 2.22. The minimum atomic E-state index is -0.203. The van der Waals surface area contributed by atoms with Crippen LogP contribution in [0.1, 0.15) is 18.2 Å². The quantitative estimate of drug-likeness (QED) is 0.345. The predicted octanol–water partition coefficient (Wildman–Crippen LogP) is 6.18. The summed E-state index contributed by atoms with van der Waals surface area (Å²) in [4.78, 5) is 12.4. The molecule has 1 N–H and O–H groups in total. The van der Waals surface area contributed by atoms with Crippen molar-refractivity contribution in [3.05, 3.63) is 82.9 Å². The molecule has 0 fully saturated rings. The average molecular weight is 466 g/mol. The highest BCUT2D eigenvalue weighted by Gasteiger charge is 2.15. The maximum Gasteiger partial charge on any atom is 0.244 e. The fourth-order valence-electron chi connectivity index (χ4n) is 3.32. The summed E-state index contributed by atoms with van der Waals surface area (Å²) in [5.41, 5.74) is 4.35. The van der Waals surface area contributed by atoms with Gasteiger partial charge in [-0.15, -0.1) is 0 Å². The maximum atomic E-state index is 12.4. The number of amides is 1. The van der Waals surface area contributed by atoms with Crippen LogP contribution in [0.25, 0.3) is 27.7 Å². The summed E-state index contributed by atoms with van der Waals surface area (Å²) in [7, 11) is 1.60. The lowest BCUT2D eigenvalue weighted by molar-refractivity contribution is -0.116. The number of nitrogens with one attached hydrogen (secondary N) is 1. The minimum absolute atomic E-state index is 0.203. The molecule has 2 aromatic heterocycles. The van der Waals surface area contributed by atoms with E-state index in [0.29, 0.717) is 18.1 Å². The zero-order valence-corrected chi connectivity index (χ0v) is 18.2. The number of carbonyl (C=O) groups excluding carboxylic acids is 1. The van der Waals surface area contributed by atoms with Crippen molar-refractivity contribution in [2.75, 3.05) is 7.11 Å². The highest BCUT2D eigenvalue weighted by atomic mass is 79.9. The van der Waals surface area contributed by atoms with Gasteiger partial charge in [-0.05, 0) is 48.4 Å². The Balaban J connectivity index is 1.68. The summed E-state index contributed by atoms with van der Waals surface area (Å²) < 4.78 is 17.6. The van der Waals surface area contributed by atoms with Crippen molar-refractivity contribution in [2.24, 2.45) is 0 Å². The van der Waals surface area contributed by atoms with Crippen LogP contribution in [0.3, 0.4) is 0 Å². The molecule has 0 aliphatic carbocycles. The van der Waals surface area contributed by atoms with E-state index in [1.54, 1.807) is 31.8 Å². The largest absolute Gasteiger partial charge is 0.496 e. The minimum Gasteiger partial charge on any atom is -0.496 e. The van der Waals surface area contributed by atoms with Gasteiger partial charge in [0.15, 0.2) is 0 Å². The van der Waals surface area contributed by atoms with E-state index in [0.717, 1.165) is 37.7 Å². The number of hydrogen-bond donors (Lipinski definition) is 1. The molecule has 0 saturated carbocycles. The van der Waals surface area contributed by atoms with Gasteiger partial charge >= 0.3 is 0 Å². The molecule has 5 nitrogen and oxygen atoms in total. The number of hydrogen-bond acceptors (Lipinski definition) is 4. The molecule has 152 valence electrons. The Bertz CT molecular complexity index is 1220. The zero-order valence-electron chi connectivity index (χ0n) is 16.6. The van der Waals surface area contributed by atoms with Gasteiger partial charge in [0.05, 0.1) is 26.2 Å². The number of carbonyl (C=O) groups is 1. The van der Waals surface area contributed by atoms with Crippen molar-refractivity contribution in [3.8, 4) is 16.9 Å². The van der Waals surface area contributed by atoms with Crippen LogP contribution in [0, 0.1) is 0 Å². The van der Waals surface area contributed by atoms with Crippen LogP contribution in [-0.2, 0) is 11.3 Å². The van der Waals surface area contributed by atoms with Gasteiger partial charge in [-0.25, -0.2) is 0 Å². The molecule has 2 aromatic carbocycles. The number of ether oxygens (including phenoxy) is 1. The van der Waals surface area contributed by atoms with Crippen molar-refractivity contribution < 1.29 is 18.4 Å². The molecule has 6 heteroatoms. The number of allylic oxidation sites excluding steroid dienone is 1. The highest BCUT2D eigenvalue weighted by Crippen LogP contribution is 2.37. The van der Waals surface area contributed by atoms with Gasteiger partial charge in [0, 0.05) is 33.1 Å². The Morgan fingerprint density at radius 1 is 1.17 bits per heavy atom. The summed E-state index contributed by atoms with van der Waals surface area (Å²) in [5.74, 6) is 1.14. The van der Waals surface area contributed by atoms with Crippen LogP contribution < -0.4 is 10.1 Å². The van der Waals surface area contributed by atoms with E-state index in [9.17, 15) is 4.79 Å². The molecule has 4 rings (SSSR count). The van der Waals surface area contributed by atoms with Crippen molar-refractivity contribution in [3.63, 3.8) is 0 Å². The standard InChI is InChI=1S/C24H20BrNO4/c1-15(9-24(27)26-13-18-7-4-8-29-18)19-11-20-21(16-5-3-6-17(25)10-16)14-30-23(20)12-22(19)28-2/h3-12,14H,13H2,1-2H3,(H,26,27)/b15-9+. The predicted molar refractivity (Wildman–Crippen MR) is 120 cm³/mol. The van der Waals surface area contributed by atoms with E-state index < -0.39 is 0 Å². The van der Waals surface area contributed by atoms with Crippen LogP contribution in [0.15, 0.2) is 80.4 Å². The smallest absolute Gasteiger partial charge is 0.244 e. The lowest BCUT2D eigenvalue weighted by atomic mass is 9.99. The number of fused-ring (bicyclic) bond motifs is 1. The average Bonchev–Trinajstić information content (AvgIpc) is 3.40. The van der Waals surface area contributed by atoms with Gasteiger partial charge in [0.2, 0.25) is 5.91 Å². The summed E-state index contributed by atoms with van der Waals surface area (Å²) >= 11 is 3.52. The third-order valence-electron chi connectivity index (χ3n) is 4.82. The van der Waals surface area contributed by atoms with Crippen molar-refractivity contribution in [1.82, 2.24) is 5.32 Å². The number of benzene rings is 2. The molecular weight excluding hydrogens is 446 g/mol. The molecule has 2 heterocycles. The first-order chi connectivity index (χ1) is 14.5. The van der Waals surface area contributed by atoms with E-state index in [-0.39, 0.29) is 5.91 Å². The first-order valence-corrected chi connectivity index (χ1v) is 10.2. The number of halogens is 1. The van der Waals surface area contributed by atoms with Crippen LogP contribution in [0.2, 0.25) is 0 Å². The van der Waals surface area contributed by atoms with Crippen molar-refractivity contribution in [2.45, 2.75) is 13.5 Å². The van der Waals surface area contributed by atoms with E-state index >= 15 is 0 Å². The SMILES string of the molecule is COc1cc2occ(-c3cccc(Br)c3)c2cc1/C(C)=C/C(=O)NCc1ccco1. The van der Waals surface area contributed by atoms with Gasteiger partial charge in [0.1, 0.15) is 17.1 Å². The van der Waals surface area contributed by atoms with Crippen LogP contribution >= 0.6 is 15.9 Å². The van der Waals surface area contributed by atoms with Crippen molar-refractivity contribution in [1.29, 1.82) is 0 Å². The Morgan fingerprint density at radius 3 is 2.77 bits per heavy atom. The summed E-state index contributed by atoms with van der Waals surface area (Å²) in [5, 5.41) is 3.78. The van der Waals surface area contributed by atoms with Gasteiger partial charge in [-0.1, -0.05) is 28.1 Å². The lowest BCUT2D eigenvalue weighted by Gasteiger charge is -2.10. The second kappa shape index (κ2) is 8.63. The van der Waals surface area contributed by atoms with Gasteiger partial charge in [-0.2, -0.15) is 0 Å². The van der Waals surface area contributed by atoms with E-state index in [1.807, 2.05) is 49.4 Å². The molecule has 30 heavy (non-hydrogen) atoms. The molecule has 0 unspecified atom stereocenters. The molecule has 0 bridgehead atoms. The molecule has 0 aliphatic heterocycles. The molecule has 0 aliphatic rings. The first-order valence-electron chi connectivity index (χ1n) is 9.39. The van der Waals surface area contributed by atoms with Crippen LogP contribution in [0.4, 0.5) is 0 Å². The number of furan rings is 2. The van der Waals surface area contributed by atoms with Gasteiger partial charge in [-0.3, -0.25) is 4.79 Å². The highest BCUT2D eigenvalue weighted by molar-refractivity contribution is 9.10. The summed E-state index contributed by atoms with van der Waals surface area (Å²) in [6.07, 6.45) is 4.88. The number of rotatable bonds is 6. The van der Waals surface area contributed by atoms with Gasteiger partial charge in [0.25, 0.3) is 0 Å². The molecular formula is C24H20BrNO4. The van der Waals surface area contributed by atoms with Crippen LogP contribution in [-0.4, -0.2) is 13.0 Å². The second-order valence-corrected chi connectivity index (χ2v) is 7.75. The zero-order chi connectivity index (χ0) is 21.1. The molecule has 1 amide bonds. The topological polar surface area (TPSA) is 64.6 Å². The Labute approximate surface area is 182 Å². The molecule has 0 atom stereocenters. The molecule has 4 aromatic rings. The van der Waals surface area contributed by atoms with Crippen molar-refractivity contribution >= 4 is 38.4 Å². The Hall–Kier alpha value is -3.25.